The van der Waals surface area contributed by atoms with Crippen molar-refractivity contribution >= 4 is 23.2 Å². The number of rotatable bonds is 6. The fourth-order valence-electron chi connectivity index (χ4n) is 4.98. The molecule has 0 aromatic heterocycles. The quantitative estimate of drug-likeness (QED) is 0.287. The van der Waals surface area contributed by atoms with Crippen LogP contribution in [-0.4, -0.2) is 26.0 Å². The molecule has 0 saturated heterocycles. The van der Waals surface area contributed by atoms with Crippen LogP contribution in [-0.2, 0) is 11.0 Å². The van der Waals surface area contributed by atoms with Crippen molar-refractivity contribution in [1.29, 1.82) is 0 Å². The van der Waals surface area contributed by atoms with Crippen LogP contribution in [0.15, 0.2) is 97.1 Å². The summed E-state index contributed by atoms with van der Waals surface area (Å²) < 4.78 is 50.7. The van der Waals surface area contributed by atoms with Gasteiger partial charge in [0.25, 0.3) is 5.91 Å². The van der Waals surface area contributed by atoms with Crippen molar-refractivity contribution in [1.82, 2.24) is 0 Å². The Hall–Kier alpha value is -4.79. The maximum Gasteiger partial charge on any atom is 0.416 e. The summed E-state index contributed by atoms with van der Waals surface area (Å²) in [5, 5.41) is 2.67. The van der Waals surface area contributed by atoms with Crippen molar-refractivity contribution < 1.29 is 32.2 Å². The molecule has 1 aliphatic rings. The van der Waals surface area contributed by atoms with Gasteiger partial charge in [-0.3, -0.25) is 14.5 Å². The minimum Gasteiger partial charge on any atom is -0.497 e. The summed E-state index contributed by atoms with van der Waals surface area (Å²) >= 11 is 0. The molecule has 4 aromatic rings. The molecule has 5 rings (SSSR count). The number of anilines is 2. The summed E-state index contributed by atoms with van der Waals surface area (Å²) in [6, 6.07) is 24.3. The maximum atomic E-state index is 14.0. The highest BCUT2D eigenvalue weighted by Gasteiger charge is 2.45. The van der Waals surface area contributed by atoms with Crippen LogP contribution in [0.2, 0.25) is 0 Å². The van der Waals surface area contributed by atoms with Crippen LogP contribution in [0.5, 0.6) is 11.5 Å². The van der Waals surface area contributed by atoms with Crippen molar-refractivity contribution in [2.45, 2.75) is 18.1 Å². The molecular formula is C31H25F3N2O4. The van der Waals surface area contributed by atoms with Gasteiger partial charge in [0.05, 0.1) is 31.7 Å². The molecule has 0 radical (unpaired) electrons. The van der Waals surface area contributed by atoms with E-state index in [0.29, 0.717) is 33.9 Å². The number of hydrogen-bond acceptors (Lipinski definition) is 4. The Morgan fingerprint density at radius 2 is 1.45 bits per heavy atom. The number of benzene rings is 4. The Kier molecular flexibility index (Phi) is 7.21. The van der Waals surface area contributed by atoms with Gasteiger partial charge in [-0.2, -0.15) is 13.2 Å². The number of fused-ring (bicyclic) bond motifs is 1. The van der Waals surface area contributed by atoms with E-state index in [1.165, 1.54) is 26.4 Å². The van der Waals surface area contributed by atoms with Crippen molar-refractivity contribution in [2.24, 2.45) is 0 Å². The highest BCUT2D eigenvalue weighted by molar-refractivity contribution is 6.12. The minimum atomic E-state index is -4.57. The lowest BCUT2D eigenvalue weighted by atomic mass is 9.78. The van der Waals surface area contributed by atoms with Crippen molar-refractivity contribution in [3.05, 3.63) is 119 Å². The lowest BCUT2D eigenvalue weighted by molar-refractivity contribution is -0.137. The van der Waals surface area contributed by atoms with Gasteiger partial charge in [0.2, 0.25) is 5.91 Å². The first-order valence-corrected chi connectivity index (χ1v) is 12.4. The monoisotopic (exact) mass is 546 g/mol. The standard InChI is InChI=1S/C31H25F3N2O4/c1-39-23-14-10-19(11-15-23)28-27(29(37)35-21-7-5-6-20(18-21)31(32,33)34)25-8-3-4-9-26(25)30(38)36(28)22-12-16-24(40-2)17-13-22/h3-18,27-28H,1-2H3,(H,35,37)/t27-,28+/m0/s1. The number of nitrogens with zero attached hydrogens (tertiary/aromatic N) is 1. The van der Waals surface area contributed by atoms with E-state index < -0.39 is 29.6 Å². The number of ether oxygens (including phenoxy) is 2. The predicted octanol–water partition coefficient (Wildman–Crippen LogP) is 6.85. The van der Waals surface area contributed by atoms with Gasteiger partial charge in [-0.1, -0.05) is 36.4 Å². The van der Waals surface area contributed by atoms with Gasteiger partial charge in [0.1, 0.15) is 11.5 Å². The van der Waals surface area contributed by atoms with E-state index in [1.807, 2.05) is 0 Å². The second-order valence-corrected chi connectivity index (χ2v) is 9.22. The first-order chi connectivity index (χ1) is 19.2. The van der Waals surface area contributed by atoms with Crippen molar-refractivity contribution in [3.8, 4) is 11.5 Å². The molecule has 0 saturated carbocycles. The van der Waals surface area contributed by atoms with E-state index in [2.05, 4.69) is 5.32 Å². The largest absolute Gasteiger partial charge is 0.497 e. The normalized spacial score (nSPS) is 16.7. The smallest absolute Gasteiger partial charge is 0.416 e. The minimum absolute atomic E-state index is 0.00122. The molecule has 2 atom stereocenters. The summed E-state index contributed by atoms with van der Waals surface area (Å²) in [5.41, 5.74) is 1.09. The summed E-state index contributed by atoms with van der Waals surface area (Å²) in [4.78, 5) is 29.5. The van der Waals surface area contributed by atoms with E-state index >= 15 is 0 Å². The highest BCUT2D eigenvalue weighted by Crippen LogP contribution is 2.46. The molecule has 4 aromatic carbocycles. The average Bonchev–Trinajstić information content (AvgIpc) is 2.97. The third kappa shape index (κ3) is 5.10. The van der Waals surface area contributed by atoms with E-state index in [9.17, 15) is 22.8 Å². The maximum absolute atomic E-state index is 14.0. The summed E-state index contributed by atoms with van der Waals surface area (Å²) in [7, 11) is 3.07. The van der Waals surface area contributed by atoms with Crippen LogP contribution >= 0.6 is 0 Å². The van der Waals surface area contributed by atoms with Crippen LogP contribution in [0.3, 0.4) is 0 Å². The lowest BCUT2D eigenvalue weighted by Crippen LogP contribution is -2.46. The number of carbonyl (C=O) groups is 2. The molecule has 40 heavy (non-hydrogen) atoms. The number of carbonyl (C=O) groups excluding carboxylic acids is 2. The molecule has 1 heterocycles. The molecular weight excluding hydrogens is 521 g/mol. The van der Waals surface area contributed by atoms with E-state index in [4.69, 9.17) is 9.47 Å². The van der Waals surface area contributed by atoms with Crippen LogP contribution in [0, 0.1) is 0 Å². The molecule has 204 valence electrons. The Labute approximate surface area is 229 Å². The second-order valence-electron chi connectivity index (χ2n) is 9.22. The average molecular weight is 547 g/mol. The molecule has 1 aliphatic heterocycles. The fourth-order valence-corrected chi connectivity index (χ4v) is 4.98. The van der Waals surface area contributed by atoms with E-state index in [0.717, 1.165) is 12.1 Å². The van der Waals surface area contributed by atoms with Crippen LogP contribution < -0.4 is 19.7 Å². The van der Waals surface area contributed by atoms with Crippen LogP contribution in [0.1, 0.15) is 39.0 Å². The number of nitrogens with one attached hydrogen (secondary N) is 1. The number of halogens is 3. The second kappa shape index (κ2) is 10.8. The molecule has 0 bridgehead atoms. The SMILES string of the molecule is COc1ccc([C@@H]2[C@@H](C(=O)Nc3cccc(C(F)(F)F)c3)c3ccccc3C(=O)N2c2ccc(OC)cc2)cc1. The van der Waals surface area contributed by atoms with Gasteiger partial charge in [0.15, 0.2) is 0 Å². The predicted molar refractivity (Wildman–Crippen MR) is 145 cm³/mol. The molecule has 6 nitrogen and oxygen atoms in total. The number of methoxy groups -OCH3 is 2. The Morgan fingerprint density at radius 3 is 2.08 bits per heavy atom. The van der Waals surface area contributed by atoms with Crippen LogP contribution in [0.25, 0.3) is 0 Å². The van der Waals surface area contributed by atoms with Gasteiger partial charge in [-0.05, 0) is 71.8 Å². The summed E-state index contributed by atoms with van der Waals surface area (Å²) in [6.45, 7) is 0. The zero-order valence-corrected chi connectivity index (χ0v) is 21.6. The Balaban J connectivity index is 1.66. The third-order valence-electron chi connectivity index (χ3n) is 6.89. The van der Waals surface area contributed by atoms with Gasteiger partial charge in [0, 0.05) is 16.9 Å². The highest BCUT2D eigenvalue weighted by atomic mass is 19.4. The zero-order chi connectivity index (χ0) is 28.4. The number of alkyl halides is 3. The first-order valence-electron chi connectivity index (χ1n) is 12.4. The molecule has 0 aliphatic carbocycles. The molecule has 9 heteroatoms. The third-order valence-corrected chi connectivity index (χ3v) is 6.89. The lowest BCUT2D eigenvalue weighted by Gasteiger charge is -2.42. The van der Waals surface area contributed by atoms with Crippen molar-refractivity contribution in [3.63, 3.8) is 0 Å². The topological polar surface area (TPSA) is 67.9 Å². The number of hydrogen-bond donors (Lipinski definition) is 1. The van der Waals surface area contributed by atoms with Gasteiger partial charge in [-0.25, -0.2) is 0 Å². The first kappa shape index (κ1) is 26.8. The Bertz CT molecular complexity index is 1540. The van der Waals surface area contributed by atoms with Gasteiger partial charge < -0.3 is 14.8 Å². The molecule has 0 unspecified atom stereocenters. The van der Waals surface area contributed by atoms with Crippen LogP contribution in [0.4, 0.5) is 24.5 Å². The number of amides is 2. The molecule has 1 N–H and O–H groups in total. The zero-order valence-electron chi connectivity index (χ0n) is 21.6. The van der Waals surface area contributed by atoms with E-state index in [1.54, 1.807) is 77.7 Å². The fraction of sp³-hybridized carbons (Fsp3) is 0.161. The molecule has 0 spiro atoms. The van der Waals surface area contributed by atoms with Gasteiger partial charge in [-0.15, -0.1) is 0 Å². The molecule has 2 amide bonds. The van der Waals surface area contributed by atoms with Crippen molar-refractivity contribution in [2.75, 3.05) is 24.4 Å². The van der Waals surface area contributed by atoms with E-state index in [-0.39, 0.29) is 11.6 Å². The Morgan fingerprint density at radius 1 is 0.825 bits per heavy atom. The summed E-state index contributed by atoms with van der Waals surface area (Å²) in [5.74, 6) is -0.650. The molecule has 0 fully saturated rings. The summed E-state index contributed by atoms with van der Waals surface area (Å²) in [6.07, 6.45) is -4.57. The van der Waals surface area contributed by atoms with Gasteiger partial charge >= 0.3 is 6.18 Å².